The number of nitrogens with zero attached hydrogens (tertiary/aromatic N) is 2. The molecule has 0 saturated carbocycles. The number of nitrogens with two attached hydrogens (primary N) is 1. The molecule has 3 atom stereocenters. The Kier molecular flexibility index (Phi) is 6.77. The van der Waals surface area contributed by atoms with E-state index in [4.69, 9.17) is 5.73 Å². The monoisotopic (exact) mass is 356 g/mol. The van der Waals surface area contributed by atoms with E-state index in [-0.39, 0.29) is 17.7 Å². The van der Waals surface area contributed by atoms with Gasteiger partial charge in [-0.2, -0.15) is 0 Å². The molecule has 0 aliphatic carbocycles. The summed E-state index contributed by atoms with van der Waals surface area (Å²) in [5.74, 6) is 1.96. The first kappa shape index (κ1) is 18.4. The van der Waals surface area contributed by atoms with Gasteiger partial charge in [0.15, 0.2) is 0 Å². The standard InChI is InChI=1S/C16H32N6OS/c1-12-5-8-21(9-6-12)14(23)10-22-15(17)19-16(20-22)24-11-13-4-2-3-7-18-13/h12-13,15-16,18-20H,2-11,17H2,1H3. The molecule has 24 heavy (non-hydrogen) atoms. The summed E-state index contributed by atoms with van der Waals surface area (Å²) < 4.78 is 0. The largest absolute Gasteiger partial charge is 0.342 e. The molecule has 3 aliphatic heterocycles. The van der Waals surface area contributed by atoms with Crippen LogP contribution >= 0.6 is 11.8 Å². The number of piperidine rings is 2. The summed E-state index contributed by atoms with van der Waals surface area (Å²) in [6, 6.07) is 0.592. The zero-order valence-corrected chi connectivity index (χ0v) is 15.5. The van der Waals surface area contributed by atoms with Crippen LogP contribution in [0.2, 0.25) is 0 Å². The van der Waals surface area contributed by atoms with Crippen LogP contribution < -0.4 is 21.8 Å². The first-order valence-corrected chi connectivity index (χ1v) is 10.3. The summed E-state index contributed by atoms with van der Waals surface area (Å²) in [4.78, 5) is 14.4. The van der Waals surface area contributed by atoms with Gasteiger partial charge in [0.25, 0.3) is 0 Å². The molecular weight excluding hydrogens is 324 g/mol. The molecule has 3 heterocycles. The molecule has 0 radical (unpaired) electrons. The fraction of sp³-hybridized carbons (Fsp3) is 0.938. The normalized spacial score (nSPS) is 33.1. The van der Waals surface area contributed by atoms with Crippen LogP contribution in [0.15, 0.2) is 0 Å². The number of thioether (sulfide) groups is 1. The zero-order valence-electron chi connectivity index (χ0n) is 14.7. The maximum atomic E-state index is 12.5. The summed E-state index contributed by atoms with van der Waals surface area (Å²) in [5, 5.41) is 8.72. The number of rotatable bonds is 5. The average Bonchev–Trinajstić information content (AvgIpc) is 2.94. The van der Waals surface area contributed by atoms with E-state index >= 15 is 0 Å². The lowest BCUT2D eigenvalue weighted by molar-refractivity contribution is -0.134. The molecule has 0 aromatic carbocycles. The highest BCUT2D eigenvalue weighted by atomic mass is 32.2. The number of hydrogen-bond acceptors (Lipinski definition) is 7. The number of likely N-dealkylation sites (tertiary alicyclic amines) is 1. The topological polar surface area (TPSA) is 85.7 Å². The quantitative estimate of drug-likeness (QED) is 0.554. The number of amides is 1. The second kappa shape index (κ2) is 8.82. The molecular formula is C16H32N6OS. The number of carbonyl (C=O) groups excluding carboxylic acids is 1. The predicted molar refractivity (Wildman–Crippen MR) is 97.8 cm³/mol. The molecule has 5 N–H and O–H groups in total. The van der Waals surface area contributed by atoms with E-state index in [1.807, 2.05) is 21.7 Å². The van der Waals surface area contributed by atoms with Crippen LogP contribution in [0.5, 0.6) is 0 Å². The molecule has 3 unspecified atom stereocenters. The Bertz CT molecular complexity index is 411. The highest BCUT2D eigenvalue weighted by molar-refractivity contribution is 7.99. The van der Waals surface area contributed by atoms with Crippen molar-refractivity contribution in [1.82, 2.24) is 26.0 Å². The van der Waals surface area contributed by atoms with Gasteiger partial charge in [-0.15, -0.1) is 11.8 Å². The molecule has 8 heteroatoms. The number of hydrazine groups is 1. The lowest BCUT2D eigenvalue weighted by Crippen LogP contribution is -2.52. The van der Waals surface area contributed by atoms with Crippen molar-refractivity contribution in [3.63, 3.8) is 0 Å². The predicted octanol–water partition coefficient (Wildman–Crippen LogP) is 0.0559. The van der Waals surface area contributed by atoms with E-state index in [9.17, 15) is 4.79 Å². The summed E-state index contributed by atoms with van der Waals surface area (Å²) in [6.45, 7) is 5.48. The van der Waals surface area contributed by atoms with Crippen molar-refractivity contribution < 1.29 is 4.79 Å². The van der Waals surface area contributed by atoms with Crippen LogP contribution in [0.25, 0.3) is 0 Å². The minimum atomic E-state index is -0.311. The van der Waals surface area contributed by atoms with Crippen molar-refractivity contribution in [3.05, 3.63) is 0 Å². The van der Waals surface area contributed by atoms with Gasteiger partial charge in [-0.05, 0) is 38.1 Å². The van der Waals surface area contributed by atoms with Crippen LogP contribution in [-0.2, 0) is 4.79 Å². The van der Waals surface area contributed by atoms with Gasteiger partial charge in [0.1, 0.15) is 11.8 Å². The van der Waals surface area contributed by atoms with Crippen molar-refractivity contribution in [1.29, 1.82) is 0 Å². The van der Waals surface area contributed by atoms with Gasteiger partial charge in [0.2, 0.25) is 5.91 Å². The molecule has 3 aliphatic rings. The van der Waals surface area contributed by atoms with E-state index in [2.05, 4.69) is 23.0 Å². The van der Waals surface area contributed by atoms with E-state index in [1.54, 1.807) is 0 Å². The molecule has 0 aromatic rings. The average molecular weight is 357 g/mol. The third kappa shape index (κ3) is 5.06. The summed E-state index contributed by atoms with van der Waals surface area (Å²) in [5.41, 5.74) is 9.56. The molecule has 138 valence electrons. The highest BCUT2D eigenvalue weighted by Gasteiger charge is 2.32. The van der Waals surface area contributed by atoms with Gasteiger partial charge in [-0.1, -0.05) is 13.3 Å². The van der Waals surface area contributed by atoms with Gasteiger partial charge in [-0.25, -0.2) is 10.4 Å². The number of nitrogens with one attached hydrogen (secondary N) is 3. The van der Waals surface area contributed by atoms with Crippen molar-refractivity contribution in [2.45, 2.75) is 56.9 Å². The molecule has 3 rings (SSSR count). The summed E-state index contributed by atoms with van der Waals surface area (Å²) in [6.07, 6.45) is 5.76. The lowest BCUT2D eigenvalue weighted by atomic mass is 9.99. The Hall–Kier alpha value is -0.380. The van der Waals surface area contributed by atoms with Crippen LogP contribution in [0, 0.1) is 5.92 Å². The minimum absolute atomic E-state index is 0.0814. The van der Waals surface area contributed by atoms with Crippen LogP contribution in [0.4, 0.5) is 0 Å². The van der Waals surface area contributed by atoms with Gasteiger partial charge < -0.3 is 16.0 Å². The zero-order chi connectivity index (χ0) is 16.9. The van der Waals surface area contributed by atoms with Crippen molar-refractivity contribution in [2.75, 3.05) is 31.9 Å². The van der Waals surface area contributed by atoms with E-state index in [1.165, 1.54) is 19.3 Å². The molecule has 0 bridgehead atoms. The minimum Gasteiger partial charge on any atom is -0.342 e. The molecule has 0 spiro atoms. The van der Waals surface area contributed by atoms with Crippen molar-refractivity contribution >= 4 is 17.7 Å². The Balaban J connectivity index is 1.39. The maximum absolute atomic E-state index is 12.5. The maximum Gasteiger partial charge on any atom is 0.238 e. The van der Waals surface area contributed by atoms with Crippen LogP contribution in [-0.4, -0.2) is 65.6 Å². The lowest BCUT2D eigenvalue weighted by Gasteiger charge is -2.32. The van der Waals surface area contributed by atoms with Crippen LogP contribution in [0.3, 0.4) is 0 Å². The fourth-order valence-electron chi connectivity index (χ4n) is 3.52. The molecule has 7 nitrogen and oxygen atoms in total. The highest BCUT2D eigenvalue weighted by Crippen LogP contribution is 2.19. The van der Waals surface area contributed by atoms with Gasteiger partial charge in [-0.3, -0.25) is 10.1 Å². The first-order valence-electron chi connectivity index (χ1n) is 9.29. The van der Waals surface area contributed by atoms with Gasteiger partial charge in [0, 0.05) is 24.9 Å². The SMILES string of the molecule is CC1CCN(C(=O)CN2NC(SCC3CCCCN3)NC2N)CC1. The Morgan fingerprint density at radius 2 is 2.04 bits per heavy atom. The van der Waals surface area contributed by atoms with Gasteiger partial charge in [0.05, 0.1) is 6.54 Å². The third-order valence-electron chi connectivity index (χ3n) is 5.26. The fourth-order valence-corrected chi connectivity index (χ4v) is 4.68. The molecule has 0 aromatic heterocycles. The second-order valence-electron chi connectivity index (χ2n) is 7.29. The summed E-state index contributed by atoms with van der Waals surface area (Å²) in [7, 11) is 0. The Labute approximate surface area is 149 Å². The van der Waals surface area contributed by atoms with Crippen molar-refractivity contribution in [2.24, 2.45) is 11.7 Å². The molecule has 3 saturated heterocycles. The second-order valence-corrected chi connectivity index (χ2v) is 8.43. The number of carbonyl (C=O) groups is 1. The molecule has 3 fully saturated rings. The van der Waals surface area contributed by atoms with Crippen LogP contribution in [0.1, 0.15) is 39.0 Å². The Morgan fingerprint density at radius 3 is 2.75 bits per heavy atom. The van der Waals surface area contributed by atoms with E-state index < -0.39 is 0 Å². The number of hydrogen-bond donors (Lipinski definition) is 4. The Morgan fingerprint density at radius 1 is 1.25 bits per heavy atom. The summed E-state index contributed by atoms with van der Waals surface area (Å²) >= 11 is 1.83. The van der Waals surface area contributed by atoms with Crippen molar-refractivity contribution in [3.8, 4) is 0 Å². The van der Waals surface area contributed by atoms with Gasteiger partial charge >= 0.3 is 0 Å². The van der Waals surface area contributed by atoms with E-state index in [0.717, 1.165) is 44.1 Å². The third-order valence-corrected chi connectivity index (χ3v) is 6.43. The van der Waals surface area contributed by atoms with E-state index in [0.29, 0.717) is 12.6 Å². The molecule has 1 amide bonds. The smallest absolute Gasteiger partial charge is 0.238 e. The first-order chi connectivity index (χ1) is 11.6.